The number of hydrogen-bond donors (Lipinski definition) is 0. The monoisotopic (exact) mass is 348 g/mol. The van der Waals surface area contributed by atoms with Crippen molar-refractivity contribution in [2.24, 2.45) is 0 Å². The van der Waals surface area contributed by atoms with Crippen molar-refractivity contribution in [1.29, 1.82) is 0 Å². The van der Waals surface area contributed by atoms with Gasteiger partial charge in [-0.25, -0.2) is 9.59 Å². The fraction of sp³-hybridized carbons (Fsp3) is 0.200. The van der Waals surface area contributed by atoms with Crippen molar-refractivity contribution < 1.29 is 65.8 Å². The van der Waals surface area contributed by atoms with Crippen LogP contribution in [0.4, 0.5) is 0 Å². The third-order valence-corrected chi connectivity index (χ3v) is 3.54. The molecule has 114 valence electrons. The smallest absolute Gasteiger partial charge is 1.00 e. The van der Waals surface area contributed by atoms with Crippen molar-refractivity contribution in [2.45, 2.75) is 0 Å². The molecule has 0 fully saturated rings. The summed E-state index contributed by atoms with van der Waals surface area (Å²) in [6.45, 7) is 6.30. The van der Waals surface area contributed by atoms with E-state index in [-0.39, 0.29) is 31.0 Å². The molecular formula is C10H13NaO8S2. The van der Waals surface area contributed by atoms with E-state index in [0.717, 1.165) is 12.2 Å². The van der Waals surface area contributed by atoms with Gasteiger partial charge in [0.15, 0.2) is 0 Å². The number of rotatable bonds is 8. The van der Waals surface area contributed by atoms with E-state index in [2.05, 4.69) is 21.5 Å². The van der Waals surface area contributed by atoms with Crippen LogP contribution >= 0.6 is 0 Å². The molecule has 11 heteroatoms. The molecule has 0 radical (unpaired) electrons. The van der Waals surface area contributed by atoms with Gasteiger partial charge in [0.2, 0.25) is 0 Å². The summed E-state index contributed by atoms with van der Waals surface area (Å²) < 4.78 is 52.1. The van der Waals surface area contributed by atoms with Crippen molar-refractivity contribution in [1.82, 2.24) is 0 Å². The molecule has 0 rings (SSSR count). The molecule has 0 spiro atoms. The first-order valence-electron chi connectivity index (χ1n) is 4.94. The molecule has 21 heavy (non-hydrogen) atoms. The van der Waals surface area contributed by atoms with Gasteiger partial charge in [-0.15, -0.1) is 13.2 Å². The summed E-state index contributed by atoms with van der Waals surface area (Å²) in [7, 11) is -8.25. The predicted molar refractivity (Wildman–Crippen MR) is 70.4 cm³/mol. The zero-order valence-corrected chi connectivity index (χ0v) is 14.9. The maximum atomic E-state index is 11.0. The van der Waals surface area contributed by atoms with E-state index in [0.29, 0.717) is 12.2 Å². The first-order valence-corrected chi connectivity index (χ1v) is 8.09. The second-order valence-electron chi connectivity index (χ2n) is 3.16. The summed E-state index contributed by atoms with van der Waals surface area (Å²) in [6, 6.07) is 0. The molecule has 0 heterocycles. The van der Waals surface area contributed by atoms with Crippen LogP contribution in [-0.2, 0) is 38.2 Å². The van der Waals surface area contributed by atoms with Crippen LogP contribution in [0.3, 0.4) is 0 Å². The maximum absolute atomic E-state index is 11.0. The van der Waals surface area contributed by atoms with Crippen LogP contribution < -0.4 is 29.6 Å². The standard InChI is InChI=1S/C10H12O8S2.Na.H/c1-3-7-19(13,14)17-9(11)5-6-10(12)18-20(15,16)8-4-2;;/h3-6H,1-2,7-8H2;;/q;+1;-1/b6-5-;;. The Morgan fingerprint density at radius 3 is 1.38 bits per heavy atom. The van der Waals surface area contributed by atoms with Crippen LogP contribution in [0.5, 0.6) is 0 Å². The molecule has 0 aromatic heterocycles. The minimum Gasteiger partial charge on any atom is -1.00 e. The van der Waals surface area contributed by atoms with Gasteiger partial charge in [0, 0.05) is 12.2 Å². The minimum atomic E-state index is -4.12. The van der Waals surface area contributed by atoms with Gasteiger partial charge in [0.05, 0.1) is 0 Å². The van der Waals surface area contributed by atoms with Gasteiger partial charge in [-0.2, -0.15) is 16.8 Å². The van der Waals surface area contributed by atoms with Gasteiger partial charge in [0.25, 0.3) is 0 Å². The van der Waals surface area contributed by atoms with E-state index in [9.17, 15) is 26.4 Å². The van der Waals surface area contributed by atoms with Gasteiger partial charge < -0.3 is 9.79 Å². The van der Waals surface area contributed by atoms with E-state index in [1.165, 1.54) is 0 Å². The third kappa shape index (κ3) is 11.4. The fourth-order valence-electron chi connectivity index (χ4n) is 0.799. The van der Waals surface area contributed by atoms with Crippen LogP contribution in [0.2, 0.25) is 0 Å². The topological polar surface area (TPSA) is 121 Å². The molecule has 0 N–H and O–H groups in total. The van der Waals surface area contributed by atoms with E-state index in [1.54, 1.807) is 0 Å². The van der Waals surface area contributed by atoms with Crippen LogP contribution in [-0.4, -0.2) is 40.3 Å². The fourth-order valence-corrected chi connectivity index (χ4v) is 2.12. The van der Waals surface area contributed by atoms with Crippen LogP contribution in [0.25, 0.3) is 0 Å². The second-order valence-corrected chi connectivity index (χ2v) is 6.39. The average molecular weight is 348 g/mol. The molecule has 0 saturated carbocycles. The van der Waals surface area contributed by atoms with Crippen LogP contribution in [0.1, 0.15) is 1.43 Å². The molecule has 0 aromatic carbocycles. The van der Waals surface area contributed by atoms with E-state index >= 15 is 0 Å². The number of hydrogen-bond acceptors (Lipinski definition) is 8. The summed E-state index contributed by atoms with van der Waals surface area (Å²) in [4.78, 5) is 22.1. The molecule has 0 amide bonds. The Labute approximate surface area is 146 Å². The summed E-state index contributed by atoms with van der Waals surface area (Å²) in [6.07, 6.45) is 2.85. The molecule has 0 aromatic rings. The van der Waals surface area contributed by atoms with E-state index < -0.39 is 43.7 Å². The summed E-state index contributed by atoms with van der Waals surface area (Å²) in [5.74, 6) is -3.93. The Kier molecular flexibility index (Phi) is 10.5. The molecule has 0 atom stereocenters. The zero-order chi connectivity index (χ0) is 15.8. The first kappa shape index (κ1) is 22.3. The molecule has 0 aliphatic heterocycles. The van der Waals surface area contributed by atoms with Gasteiger partial charge in [-0.1, -0.05) is 12.2 Å². The number of carbonyl (C=O) groups is 2. The van der Waals surface area contributed by atoms with Crippen molar-refractivity contribution >= 4 is 32.2 Å². The van der Waals surface area contributed by atoms with Gasteiger partial charge >= 0.3 is 61.7 Å². The van der Waals surface area contributed by atoms with Gasteiger partial charge in [-0.3, -0.25) is 0 Å². The average Bonchev–Trinajstić information content (AvgIpc) is 2.24. The second kappa shape index (κ2) is 9.90. The Morgan fingerprint density at radius 1 is 0.857 bits per heavy atom. The van der Waals surface area contributed by atoms with Crippen molar-refractivity contribution in [3.8, 4) is 0 Å². The maximum Gasteiger partial charge on any atom is 1.00 e. The molecule has 0 saturated heterocycles. The van der Waals surface area contributed by atoms with Crippen molar-refractivity contribution in [2.75, 3.05) is 11.5 Å². The Balaban J connectivity index is -0.00000180. The van der Waals surface area contributed by atoms with Crippen molar-refractivity contribution in [3.05, 3.63) is 37.5 Å². The molecule has 0 bridgehead atoms. The molecular weight excluding hydrogens is 335 g/mol. The van der Waals surface area contributed by atoms with Gasteiger partial charge in [-0.05, 0) is 0 Å². The largest absolute Gasteiger partial charge is 1.00 e. The normalized spacial score (nSPS) is 11.2. The van der Waals surface area contributed by atoms with Crippen LogP contribution in [0.15, 0.2) is 37.5 Å². The molecule has 0 aliphatic carbocycles. The van der Waals surface area contributed by atoms with Gasteiger partial charge in [0.1, 0.15) is 11.5 Å². The zero-order valence-electron chi connectivity index (χ0n) is 12.2. The molecule has 0 aliphatic rings. The third-order valence-electron chi connectivity index (χ3n) is 1.42. The SMILES string of the molecule is C=CCS(=O)(=O)OC(=O)/C=C\C(=O)OS(=O)(=O)CC=C.[H-].[Na+]. The Bertz CT molecular complexity index is 580. The molecule has 0 unspecified atom stereocenters. The minimum absolute atomic E-state index is 0. The Morgan fingerprint density at radius 2 is 1.14 bits per heavy atom. The van der Waals surface area contributed by atoms with Crippen LogP contribution in [0, 0.1) is 0 Å². The van der Waals surface area contributed by atoms with Crippen molar-refractivity contribution in [3.63, 3.8) is 0 Å². The Hall–Kier alpha value is -0.940. The number of carbonyl (C=O) groups excluding carboxylic acids is 2. The van der Waals surface area contributed by atoms with E-state index in [4.69, 9.17) is 0 Å². The van der Waals surface area contributed by atoms with E-state index in [1.807, 2.05) is 0 Å². The first-order chi connectivity index (χ1) is 9.12. The molecule has 8 nitrogen and oxygen atoms in total. The quantitative estimate of drug-likeness (QED) is 0.194. The predicted octanol–water partition coefficient (Wildman–Crippen LogP) is -3.22. The summed E-state index contributed by atoms with van der Waals surface area (Å²) >= 11 is 0. The summed E-state index contributed by atoms with van der Waals surface area (Å²) in [5, 5.41) is 0. The summed E-state index contributed by atoms with van der Waals surface area (Å²) in [5.41, 5.74) is 0.